The van der Waals surface area contributed by atoms with Crippen molar-refractivity contribution in [1.29, 1.82) is 0 Å². The number of carbonyl (C=O) groups is 2. The molecule has 1 atom stereocenters. The predicted molar refractivity (Wildman–Crippen MR) is 125 cm³/mol. The SMILES string of the molecule is Cc1onc(-c2ccccc2Cl)c1C(=O)N1CCC[C@@](COc2ccccc2)(CC(N)=O)C1. The molecule has 0 spiro atoms. The molecule has 0 aliphatic carbocycles. The van der Waals surface area contributed by atoms with E-state index in [9.17, 15) is 9.59 Å². The van der Waals surface area contributed by atoms with Crippen LogP contribution in [0.3, 0.4) is 0 Å². The number of nitrogens with two attached hydrogens (primary N) is 1. The normalized spacial score (nSPS) is 18.2. The lowest BCUT2D eigenvalue weighted by Crippen LogP contribution is -2.50. The smallest absolute Gasteiger partial charge is 0.259 e. The molecule has 0 saturated carbocycles. The highest BCUT2D eigenvalue weighted by molar-refractivity contribution is 6.33. The molecule has 2 N–H and O–H groups in total. The van der Waals surface area contributed by atoms with E-state index in [2.05, 4.69) is 5.16 Å². The highest BCUT2D eigenvalue weighted by Gasteiger charge is 2.41. The first-order valence-corrected chi connectivity index (χ1v) is 11.2. The monoisotopic (exact) mass is 467 g/mol. The maximum absolute atomic E-state index is 13.7. The van der Waals surface area contributed by atoms with E-state index in [0.29, 0.717) is 46.4 Å². The first-order valence-electron chi connectivity index (χ1n) is 10.9. The Bertz CT molecular complexity index is 1150. The third-order valence-electron chi connectivity index (χ3n) is 5.99. The van der Waals surface area contributed by atoms with Crippen LogP contribution < -0.4 is 10.5 Å². The Balaban J connectivity index is 1.60. The summed E-state index contributed by atoms with van der Waals surface area (Å²) in [4.78, 5) is 27.3. The molecule has 172 valence electrons. The largest absolute Gasteiger partial charge is 0.493 e. The number of benzene rings is 2. The number of halogens is 1. The molecule has 3 aromatic rings. The van der Waals surface area contributed by atoms with Gasteiger partial charge in [0.1, 0.15) is 22.8 Å². The molecule has 7 nitrogen and oxygen atoms in total. The molecule has 1 aromatic heterocycles. The zero-order valence-corrected chi connectivity index (χ0v) is 19.2. The van der Waals surface area contributed by atoms with E-state index in [-0.39, 0.29) is 18.9 Å². The Morgan fingerprint density at radius 2 is 1.91 bits per heavy atom. The number of amides is 2. The first-order chi connectivity index (χ1) is 15.9. The average Bonchev–Trinajstić information content (AvgIpc) is 3.19. The van der Waals surface area contributed by atoms with Crippen molar-refractivity contribution in [3.05, 3.63) is 70.9 Å². The van der Waals surface area contributed by atoms with Crippen LogP contribution in [0.15, 0.2) is 59.1 Å². The van der Waals surface area contributed by atoms with Gasteiger partial charge in [0.05, 0.1) is 11.6 Å². The van der Waals surface area contributed by atoms with Crippen LogP contribution >= 0.6 is 11.6 Å². The zero-order valence-electron chi connectivity index (χ0n) is 18.4. The number of likely N-dealkylation sites (tertiary alicyclic amines) is 1. The minimum absolute atomic E-state index is 0.129. The van der Waals surface area contributed by atoms with E-state index in [1.165, 1.54) is 0 Å². The molecule has 2 amide bonds. The number of aryl methyl sites for hydroxylation is 1. The summed E-state index contributed by atoms with van der Waals surface area (Å²) < 4.78 is 11.4. The Kier molecular flexibility index (Phi) is 6.70. The number of ether oxygens (including phenoxy) is 1. The lowest BCUT2D eigenvalue weighted by molar-refractivity contribution is -0.122. The third-order valence-corrected chi connectivity index (χ3v) is 6.32. The fraction of sp³-hybridized carbons (Fsp3) is 0.320. The van der Waals surface area contributed by atoms with Gasteiger partial charge < -0.3 is 19.9 Å². The van der Waals surface area contributed by atoms with Gasteiger partial charge >= 0.3 is 0 Å². The van der Waals surface area contributed by atoms with E-state index in [1.54, 1.807) is 24.0 Å². The van der Waals surface area contributed by atoms with Crippen molar-refractivity contribution in [2.75, 3.05) is 19.7 Å². The highest BCUT2D eigenvalue weighted by Crippen LogP contribution is 2.37. The summed E-state index contributed by atoms with van der Waals surface area (Å²) in [6.45, 7) is 2.88. The molecule has 1 fully saturated rings. The topological polar surface area (TPSA) is 98.7 Å². The molecule has 0 radical (unpaired) electrons. The summed E-state index contributed by atoms with van der Waals surface area (Å²) >= 11 is 6.36. The molecule has 0 bridgehead atoms. The second kappa shape index (κ2) is 9.67. The molecule has 4 rings (SSSR count). The molecular weight excluding hydrogens is 442 g/mol. The summed E-state index contributed by atoms with van der Waals surface area (Å²) in [5.41, 5.74) is 6.44. The Morgan fingerprint density at radius 1 is 1.18 bits per heavy atom. The number of hydrogen-bond donors (Lipinski definition) is 1. The lowest BCUT2D eigenvalue weighted by Gasteiger charge is -2.42. The molecular formula is C25H26ClN3O4. The number of carbonyl (C=O) groups excluding carboxylic acids is 2. The van der Waals surface area contributed by atoms with Crippen LogP contribution in [0.25, 0.3) is 11.3 Å². The van der Waals surface area contributed by atoms with E-state index >= 15 is 0 Å². The van der Waals surface area contributed by atoms with Crippen molar-refractivity contribution in [3.63, 3.8) is 0 Å². The van der Waals surface area contributed by atoms with Crippen molar-refractivity contribution >= 4 is 23.4 Å². The number of rotatable bonds is 7. The second-order valence-electron chi connectivity index (χ2n) is 8.52. The standard InChI is InChI=1S/C25H26ClN3O4/c1-17-22(23(28-33-17)19-10-5-6-11-20(19)26)24(31)29-13-7-12-25(15-29,14-21(27)30)16-32-18-8-3-2-4-9-18/h2-6,8-11H,7,12-16H2,1H3,(H2,27,30)/t25-/m1/s1. The van der Waals surface area contributed by atoms with Crippen molar-refractivity contribution < 1.29 is 18.8 Å². The van der Waals surface area contributed by atoms with Gasteiger partial charge in [0, 0.05) is 30.5 Å². The van der Waals surface area contributed by atoms with Gasteiger partial charge in [-0.15, -0.1) is 0 Å². The van der Waals surface area contributed by atoms with Crippen LogP contribution in [0.2, 0.25) is 5.02 Å². The molecule has 1 aliphatic heterocycles. The summed E-state index contributed by atoms with van der Waals surface area (Å²) in [5, 5.41) is 4.60. The van der Waals surface area contributed by atoms with Crippen molar-refractivity contribution in [2.45, 2.75) is 26.2 Å². The first kappa shape index (κ1) is 22.9. The maximum Gasteiger partial charge on any atom is 0.259 e. The van der Waals surface area contributed by atoms with Crippen LogP contribution in [0.4, 0.5) is 0 Å². The van der Waals surface area contributed by atoms with Crippen molar-refractivity contribution in [3.8, 4) is 17.0 Å². The summed E-state index contributed by atoms with van der Waals surface area (Å²) in [6, 6.07) is 16.6. The lowest BCUT2D eigenvalue weighted by atomic mass is 9.77. The number of piperidine rings is 1. The minimum atomic E-state index is -0.578. The van der Waals surface area contributed by atoms with Gasteiger partial charge in [-0.05, 0) is 38.0 Å². The van der Waals surface area contributed by atoms with E-state index in [0.717, 1.165) is 12.8 Å². The van der Waals surface area contributed by atoms with Crippen LogP contribution in [-0.2, 0) is 4.79 Å². The third kappa shape index (κ3) is 5.03. The Hall–Kier alpha value is -3.32. The Labute approximate surface area is 197 Å². The van der Waals surface area contributed by atoms with Gasteiger partial charge in [-0.1, -0.05) is 53.2 Å². The predicted octanol–water partition coefficient (Wildman–Crippen LogP) is 4.48. The van der Waals surface area contributed by atoms with Gasteiger partial charge in [0.2, 0.25) is 5.91 Å². The number of nitrogens with zero attached hydrogens (tertiary/aromatic N) is 2. The summed E-state index contributed by atoms with van der Waals surface area (Å²) in [5.74, 6) is 0.498. The molecule has 2 heterocycles. The van der Waals surface area contributed by atoms with E-state index in [4.69, 9.17) is 26.6 Å². The fourth-order valence-corrected chi connectivity index (χ4v) is 4.66. The minimum Gasteiger partial charge on any atom is -0.493 e. The van der Waals surface area contributed by atoms with Crippen molar-refractivity contribution in [2.24, 2.45) is 11.1 Å². The van der Waals surface area contributed by atoms with Crippen LogP contribution in [0.5, 0.6) is 5.75 Å². The quantitative estimate of drug-likeness (QED) is 0.552. The average molecular weight is 468 g/mol. The number of aromatic nitrogens is 1. The molecule has 2 aromatic carbocycles. The van der Waals surface area contributed by atoms with Crippen LogP contribution in [0, 0.1) is 12.3 Å². The van der Waals surface area contributed by atoms with Gasteiger partial charge in [0.25, 0.3) is 5.91 Å². The van der Waals surface area contributed by atoms with Gasteiger partial charge in [-0.25, -0.2) is 0 Å². The Morgan fingerprint density at radius 3 is 2.64 bits per heavy atom. The fourth-order valence-electron chi connectivity index (χ4n) is 4.44. The van der Waals surface area contributed by atoms with Crippen molar-refractivity contribution in [1.82, 2.24) is 10.1 Å². The van der Waals surface area contributed by atoms with E-state index < -0.39 is 11.3 Å². The number of hydrogen-bond acceptors (Lipinski definition) is 5. The summed E-state index contributed by atoms with van der Waals surface area (Å²) in [7, 11) is 0. The van der Waals surface area contributed by atoms with E-state index in [1.807, 2.05) is 42.5 Å². The summed E-state index contributed by atoms with van der Waals surface area (Å²) in [6.07, 6.45) is 1.58. The molecule has 0 unspecified atom stereocenters. The van der Waals surface area contributed by atoms with Crippen LogP contribution in [-0.4, -0.2) is 41.6 Å². The van der Waals surface area contributed by atoms with Gasteiger partial charge in [-0.3, -0.25) is 9.59 Å². The maximum atomic E-state index is 13.7. The molecule has 8 heteroatoms. The highest BCUT2D eigenvalue weighted by atomic mass is 35.5. The van der Waals surface area contributed by atoms with Crippen LogP contribution in [0.1, 0.15) is 35.4 Å². The molecule has 1 saturated heterocycles. The molecule has 33 heavy (non-hydrogen) atoms. The van der Waals surface area contributed by atoms with Gasteiger partial charge in [-0.2, -0.15) is 0 Å². The number of primary amides is 1. The second-order valence-corrected chi connectivity index (χ2v) is 8.92. The van der Waals surface area contributed by atoms with Gasteiger partial charge in [0.15, 0.2) is 0 Å². The zero-order chi connectivity index (χ0) is 23.4. The number of para-hydroxylation sites is 1. The molecule has 1 aliphatic rings.